The minimum Gasteiger partial charge on any atom is -0.481 e. The number of likely N-dealkylation sites (tertiary alicyclic amines) is 2. The Morgan fingerprint density at radius 3 is 2.68 bits per heavy atom. The van der Waals surface area contributed by atoms with E-state index >= 15 is 0 Å². The van der Waals surface area contributed by atoms with Crippen molar-refractivity contribution in [2.45, 2.75) is 45.1 Å². The Balaban J connectivity index is 1.82. The van der Waals surface area contributed by atoms with E-state index in [9.17, 15) is 14.7 Å². The molecule has 2 heterocycles. The highest BCUT2D eigenvalue weighted by atomic mass is 16.4. The minimum absolute atomic E-state index is 0.0143. The third-order valence-electron chi connectivity index (χ3n) is 6.04. The summed E-state index contributed by atoms with van der Waals surface area (Å²) in [6.45, 7) is 6.13. The summed E-state index contributed by atoms with van der Waals surface area (Å²) in [5.41, 5.74) is 1.15. The Hall–Kier alpha value is -1.88. The van der Waals surface area contributed by atoms with Gasteiger partial charge in [-0.25, -0.2) is 0 Å². The molecule has 0 aliphatic carbocycles. The molecular weight excluding hydrogens is 316 g/mol. The summed E-state index contributed by atoms with van der Waals surface area (Å²) in [5, 5.41) is 9.85. The molecule has 2 aliphatic heterocycles. The summed E-state index contributed by atoms with van der Waals surface area (Å²) in [6.07, 6.45) is 2.15. The first-order valence-electron chi connectivity index (χ1n) is 9.18. The fraction of sp³-hybridized carbons (Fsp3) is 0.600. The number of nitrogens with zero attached hydrogens (tertiary/aromatic N) is 2. The summed E-state index contributed by atoms with van der Waals surface area (Å²) in [6, 6.07) is 7.70. The van der Waals surface area contributed by atoms with Crippen molar-refractivity contribution in [3.05, 3.63) is 35.4 Å². The molecule has 2 aliphatic rings. The molecular formula is C20H28N2O3. The number of hydrogen-bond acceptors (Lipinski definition) is 3. The highest BCUT2D eigenvalue weighted by Crippen LogP contribution is 2.42. The number of amides is 1. The van der Waals surface area contributed by atoms with Crippen molar-refractivity contribution >= 4 is 11.9 Å². The molecule has 0 unspecified atom stereocenters. The van der Waals surface area contributed by atoms with E-state index in [1.165, 1.54) is 0 Å². The molecule has 0 spiro atoms. The fourth-order valence-corrected chi connectivity index (χ4v) is 4.38. The molecule has 0 saturated carbocycles. The first-order chi connectivity index (χ1) is 11.8. The van der Waals surface area contributed by atoms with Crippen LogP contribution in [0.5, 0.6) is 0 Å². The molecule has 136 valence electrons. The average Bonchev–Trinajstić information content (AvgIpc) is 2.61. The normalized spacial score (nSPS) is 27.2. The number of carboxylic acid groups (broad SMARTS) is 1. The molecule has 1 aromatic rings. The lowest BCUT2D eigenvalue weighted by Crippen LogP contribution is -2.63. The quantitative estimate of drug-likeness (QED) is 0.916. The zero-order valence-electron chi connectivity index (χ0n) is 15.4. The molecule has 1 aromatic carbocycles. The van der Waals surface area contributed by atoms with Gasteiger partial charge in [-0.05, 0) is 56.5 Å². The predicted molar refractivity (Wildman–Crippen MR) is 96.8 cm³/mol. The van der Waals surface area contributed by atoms with Gasteiger partial charge in [0.2, 0.25) is 0 Å². The van der Waals surface area contributed by atoms with Gasteiger partial charge in [-0.3, -0.25) is 9.59 Å². The van der Waals surface area contributed by atoms with Crippen LogP contribution in [0.1, 0.15) is 54.9 Å². The summed E-state index contributed by atoms with van der Waals surface area (Å²) in [7, 11) is 1.98. The lowest BCUT2D eigenvalue weighted by molar-refractivity contribution is -0.161. The largest absolute Gasteiger partial charge is 0.481 e. The van der Waals surface area contributed by atoms with Crippen LogP contribution in [-0.2, 0) is 4.79 Å². The van der Waals surface area contributed by atoms with E-state index in [1.54, 1.807) is 0 Å². The van der Waals surface area contributed by atoms with Gasteiger partial charge >= 0.3 is 5.97 Å². The first kappa shape index (κ1) is 17.9. The van der Waals surface area contributed by atoms with Crippen LogP contribution < -0.4 is 0 Å². The number of likely N-dealkylation sites (N-methyl/N-ethyl adjacent to an activating group) is 1. The number of carbonyl (C=O) groups excluding carboxylic acids is 1. The van der Waals surface area contributed by atoms with E-state index < -0.39 is 11.4 Å². The molecule has 25 heavy (non-hydrogen) atoms. The molecule has 5 nitrogen and oxygen atoms in total. The molecule has 3 rings (SSSR count). The van der Waals surface area contributed by atoms with Crippen LogP contribution >= 0.6 is 0 Å². The van der Waals surface area contributed by atoms with Crippen LogP contribution in [0.3, 0.4) is 0 Å². The molecule has 2 saturated heterocycles. The highest BCUT2D eigenvalue weighted by molar-refractivity contribution is 5.94. The molecule has 0 bridgehead atoms. The standard InChI is InChI=1S/C20H28N2O3/c1-14(2)15-6-4-7-16(12-15)18(23)22-11-9-20(19(24)25)8-5-10-21(3)17(20)13-22/h4,6-7,12,14,17H,5,8-11,13H2,1-3H3,(H,24,25)/t17-,20+/m1/s1. The zero-order valence-corrected chi connectivity index (χ0v) is 15.4. The fourth-order valence-electron chi connectivity index (χ4n) is 4.38. The van der Waals surface area contributed by atoms with E-state index in [0.29, 0.717) is 37.4 Å². The molecule has 1 amide bonds. The predicted octanol–water partition coefficient (Wildman–Crippen LogP) is 2.82. The number of fused-ring (bicyclic) bond motifs is 1. The van der Waals surface area contributed by atoms with Crippen molar-refractivity contribution in [2.75, 3.05) is 26.7 Å². The maximum atomic E-state index is 13.0. The summed E-state index contributed by atoms with van der Waals surface area (Å²) in [5.74, 6) is -0.323. The van der Waals surface area contributed by atoms with Crippen LogP contribution in [0.4, 0.5) is 0 Å². The van der Waals surface area contributed by atoms with Gasteiger partial charge in [0.25, 0.3) is 5.91 Å². The Morgan fingerprint density at radius 2 is 2.00 bits per heavy atom. The summed E-state index contributed by atoms with van der Waals surface area (Å²) >= 11 is 0. The third kappa shape index (κ3) is 3.17. The Labute approximate surface area is 149 Å². The minimum atomic E-state index is -0.710. The van der Waals surface area contributed by atoms with Crippen molar-refractivity contribution in [3.8, 4) is 0 Å². The molecule has 5 heteroatoms. The monoisotopic (exact) mass is 344 g/mol. The second kappa shape index (κ2) is 6.79. The zero-order chi connectivity index (χ0) is 18.2. The number of carbonyl (C=O) groups is 2. The van der Waals surface area contributed by atoms with Crippen molar-refractivity contribution < 1.29 is 14.7 Å². The second-order valence-electron chi connectivity index (χ2n) is 7.84. The van der Waals surface area contributed by atoms with Crippen molar-refractivity contribution in [2.24, 2.45) is 5.41 Å². The number of rotatable bonds is 3. The number of benzene rings is 1. The lowest BCUT2D eigenvalue weighted by Gasteiger charge is -2.51. The molecule has 1 N–H and O–H groups in total. The Bertz CT molecular complexity index is 673. The SMILES string of the molecule is CC(C)c1cccc(C(=O)N2CC[C@@]3(C(=O)O)CCCN(C)[C@@H]3C2)c1. The van der Waals surface area contributed by atoms with E-state index in [1.807, 2.05) is 36.2 Å². The summed E-state index contributed by atoms with van der Waals surface area (Å²) < 4.78 is 0. The first-order valence-corrected chi connectivity index (χ1v) is 9.18. The smallest absolute Gasteiger partial charge is 0.311 e. The summed E-state index contributed by atoms with van der Waals surface area (Å²) in [4.78, 5) is 28.9. The lowest BCUT2D eigenvalue weighted by atomic mass is 9.68. The number of carboxylic acids is 1. The van der Waals surface area contributed by atoms with Crippen LogP contribution in [-0.4, -0.2) is 59.5 Å². The maximum absolute atomic E-state index is 13.0. The van der Waals surface area contributed by atoms with Crippen LogP contribution in [0, 0.1) is 5.41 Å². The van der Waals surface area contributed by atoms with Gasteiger partial charge in [0.1, 0.15) is 0 Å². The van der Waals surface area contributed by atoms with Crippen LogP contribution in [0.2, 0.25) is 0 Å². The van der Waals surface area contributed by atoms with Crippen LogP contribution in [0.25, 0.3) is 0 Å². The van der Waals surface area contributed by atoms with Gasteiger partial charge in [0, 0.05) is 24.7 Å². The number of piperidine rings is 2. The molecule has 2 atom stereocenters. The van der Waals surface area contributed by atoms with E-state index in [2.05, 4.69) is 18.7 Å². The third-order valence-corrected chi connectivity index (χ3v) is 6.04. The Morgan fingerprint density at radius 1 is 1.24 bits per heavy atom. The van der Waals surface area contributed by atoms with Crippen LogP contribution in [0.15, 0.2) is 24.3 Å². The number of hydrogen-bond donors (Lipinski definition) is 1. The number of aliphatic carboxylic acids is 1. The van der Waals surface area contributed by atoms with Crippen molar-refractivity contribution in [3.63, 3.8) is 0 Å². The molecule has 0 aromatic heterocycles. The van der Waals surface area contributed by atoms with E-state index in [-0.39, 0.29) is 11.9 Å². The van der Waals surface area contributed by atoms with Gasteiger partial charge in [0.05, 0.1) is 5.41 Å². The van der Waals surface area contributed by atoms with Gasteiger partial charge < -0.3 is 14.9 Å². The van der Waals surface area contributed by atoms with Gasteiger partial charge in [-0.1, -0.05) is 26.0 Å². The van der Waals surface area contributed by atoms with Gasteiger partial charge in [-0.2, -0.15) is 0 Å². The maximum Gasteiger partial charge on any atom is 0.311 e. The molecule has 2 fully saturated rings. The van der Waals surface area contributed by atoms with Crippen molar-refractivity contribution in [1.29, 1.82) is 0 Å². The van der Waals surface area contributed by atoms with Crippen molar-refractivity contribution in [1.82, 2.24) is 9.80 Å². The van der Waals surface area contributed by atoms with Gasteiger partial charge in [-0.15, -0.1) is 0 Å². The highest BCUT2D eigenvalue weighted by Gasteiger charge is 2.52. The topological polar surface area (TPSA) is 60.9 Å². The second-order valence-corrected chi connectivity index (χ2v) is 7.84. The average molecular weight is 344 g/mol. The molecule has 0 radical (unpaired) electrons. The van der Waals surface area contributed by atoms with Gasteiger partial charge in [0.15, 0.2) is 0 Å². The van der Waals surface area contributed by atoms with E-state index in [0.717, 1.165) is 18.5 Å². The Kier molecular flexibility index (Phi) is 4.87. The van der Waals surface area contributed by atoms with E-state index in [4.69, 9.17) is 0 Å².